The Balaban J connectivity index is 1.81. The van der Waals surface area contributed by atoms with E-state index in [-0.39, 0.29) is 5.91 Å². The highest BCUT2D eigenvalue weighted by Crippen LogP contribution is 2.23. The van der Waals surface area contributed by atoms with Gasteiger partial charge in [0.1, 0.15) is 0 Å². The summed E-state index contributed by atoms with van der Waals surface area (Å²) in [6.07, 6.45) is 0. The minimum absolute atomic E-state index is 0.0261. The predicted molar refractivity (Wildman–Crippen MR) is 96.2 cm³/mol. The molecule has 4 heteroatoms. The van der Waals surface area contributed by atoms with Crippen LogP contribution >= 0.6 is 23.2 Å². The van der Waals surface area contributed by atoms with Crippen LogP contribution in [0.15, 0.2) is 60.7 Å². The third-order valence-corrected chi connectivity index (χ3v) is 4.49. The van der Waals surface area contributed by atoms with E-state index in [1.165, 1.54) is 0 Å². The number of amides is 1. The first-order chi connectivity index (χ1) is 11.0. The molecule has 23 heavy (non-hydrogen) atoms. The molecule has 1 amide bonds. The number of carbonyl (C=O) groups excluding carboxylic acids is 1. The third kappa shape index (κ3) is 3.49. The molecular formula is C19H15Cl2NO. The van der Waals surface area contributed by atoms with Crippen LogP contribution in [-0.2, 0) is 6.54 Å². The van der Waals surface area contributed by atoms with Crippen LogP contribution in [0.1, 0.15) is 15.9 Å². The Morgan fingerprint density at radius 1 is 0.913 bits per heavy atom. The lowest BCUT2D eigenvalue weighted by molar-refractivity contribution is 0.0785. The number of carbonyl (C=O) groups is 1. The van der Waals surface area contributed by atoms with Gasteiger partial charge in [0.15, 0.2) is 0 Å². The van der Waals surface area contributed by atoms with Gasteiger partial charge in [-0.05, 0) is 40.6 Å². The highest BCUT2D eigenvalue weighted by atomic mass is 35.5. The van der Waals surface area contributed by atoms with Gasteiger partial charge >= 0.3 is 0 Å². The van der Waals surface area contributed by atoms with Crippen LogP contribution in [0, 0.1) is 0 Å². The lowest BCUT2D eigenvalue weighted by Gasteiger charge is -2.18. The average molecular weight is 344 g/mol. The van der Waals surface area contributed by atoms with Crippen molar-refractivity contribution in [3.8, 4) is 0 Å². The second-order valence-electron chi connectivity index (χ2n) is 5.47. The van der Waals surface area contributed by atoms with Gasteiger partial charge < -0.3 is 4.90 Å². The minimum atomic E-state index is -0.0261. The first-order valence-corrected chi connectivity index (χ1v) is 7.98. The summed E-state index contributed by atoms with van der Waals surface area (Å²) in [6, 6.07) is 19.1. The molecule has 116 valence electrons. The van der Waals surface area contributed by atoms with E-state index in [0.717, 1.165) is 16.3 Å². The lowest BCUT2D eigenvalue weighted by Crippen LogP contribution is -2.26. The largest absolute Gasteiger partial charge is 0.337 e. The van der Waals surface area contributed by atoms with E-state index in [2.05, 4.69) is 0 Å². The van der Waals surface area contributed by atoms with Crippen molar-refractivity contribution in [2.75, 3.05) is 7.05 Å². The normalized spacial score (nSPS) is 10.7. The quantitative estimate of drug-likeness (QED) is 0.621. The van der Waals surface area contributed by atoms with Crippen molar-refractivity contribution in [2.24, 2.45) is 0 Å². The maximum Gasteiger partial charge on any atom is 0.253 e. The van der Waals surface area contributed by atoms with E-state index in [4.69, 9.17) is 23.2 Å². The molecule has 0 saturated carbocycles. The Bertz CT molecular complexity index is 876. The Morgan fingerprint density at radius 3 is 2.39 bits per heavy atom. The molecule has 0 spiro atoms. The zero-order valence-electron chi connectivity index (χ0n) is 12.6. The van der Waals surface area contributed by atoms with Crippen LogP contribution in [0.4, 0.5) is 0 Å². The van der Waals surface area contributed by atoms with Crippen LogP contribution in [0.2, 0.25) is 10.0 Å². The number of halogens is 2. The molecule has 0 radical (unpaired) electrons. The molecule has 0 heterocycles. The zero-order chi connectivity index (χ0) is 16.4. The Labute approximate surface area is 145 Å². The van der Waals surface area contributed by atoms with Crippen molar-refractivity contribution in [3.63, 3.8) is 0 Å². The number of hydrogen-bond donors (Lipinski definition) is 0. The van der Waals surface area contributed by atoms with Gasteiger partial charge in [0, 0.05) is 19.2 Å². The fourth-order valence-corrected chi connectivity index (χ4v) is 2.85. The summed E-state index contributed by atoms with van der Waals surface area (Å²) in [5.41, 5.74) is 1.61. The molecule has 0 bridgehead atoms. The molecule has 0 aromatic heterocycles. The third-order valence-electron chi connectivity index (χ3n) is 3.75. The molecule has 0 fully saturated rings. The Hall–Kier alpha value is -2.03. The standard InChI is InChI=1S/C19H15Cl2NO/c1-22(12-13-6-9-17(20)18(21)10-13)19(23)16-8-7-14-4-2-3-5-15(14)11-16/h2-11H,12H2,1H3. The molecular weight excluding hydrogens is 329 g/mol. The monoisotopic (exact) mass is 343 g/mol. The van der Waals surface area contributed by atoms with Crippen LogP contribution in [0.3, 0.4) is 0 Å². The molecule has 3 rings (SSSR count). The maximum absolute atomic E-state index is 12.6. The SMILES string of the molecule is CN(Cc1ccc(Cl)c(Cl)c1)C(=O)c1ccc2ccccc2c1. The van der Waals surface area contributed by atoms with Crippen molar-refractivity contribution in [1.82, 2.24) is 4.90 Å². The zero-order valence-corrected chi connectivity index (χ0v) is 14.1. The van der Waals surface area contributed by atoms with E-state index in [1.807, 2.05) is 48.5 Å². The van der Waals surface area contributed by atoms with Gasteiger partial charge in [-0.1, -0.05) is 59.6 Å². The number of rotatable bonds is 3. The van der Waals surface area contributed by atoms with Crippen molar-refractivity contribution in [3.05, 3.63) is 81.8 Å². The number of nitrogens with zero attached hydrogens (tertiary/aromatic N) is 1. The molecule has 0 N–H and O–H groups in total. The van der Waals surface area contributed by atoms with Gasteiger partial charge in [-0.15, -0.1) is 0 Å². The Kier molecular flexibility index (Phi) is 4.56. The summed E-state index contributed by atoms with van der Waals surface area (Å²) in [7, 11) is 1.78. The second kappa shape index (κ2) is 6.61. The van der Waals surface area contributed by atoms with E-state index < -0.39 is 0 Å². The highest BCUT2D eigenvalue weighted by Gasteiger charge is 2.13. The van der Waals surface area contributed by atoms with Crippen molar-refractivity contribution in [1.29, 1.82) is 0 Å². The fraction of sp³-hybridized carbons (Fsp3) is 0.105. The molecule has 2 nitrogen and oxygen atoms in total. The molecule has 3 aromatic carbocycles. The molecule has 0 aliphatic heterocycles. The summed E-state index contributed by atoms with van der Waals surface area (Å²) >= 11 is 11.9. The van der Waals surface area contributed by atoms with E-state index >= 15 is 0 Å². The van der Waals surface area contributed by atoms with Gasteiger partial charge in [-0.3, -0.25) is 4.79 Å². The molecule has 0 aliphatic carbocycles. The van der Waals surface area contributed by atoms with Crippen LogP contribution in [0.25, 0.3) is 10.8 Å². The summed E-state index contributed by atoms with van der Waals surface area (Å²) < 4.78 is 0. The predicted octanol–water partition coefficient (Wildman–Crippen LogP) is 5.42. The highest BCUT2D eigenvalue weighted by molar-refractivity contribution is 6.42. The first-order valence-electron chi connectivity index (χ1n) is 7.23. The van der Waals surface area contributed by atoms with Crippen molar-refractivity contribution < 1.29 is 4.79 Å². The van der Waals surface area contributed by atoms with Gasteiger partial charge in [0.2, 0.25) is 0 Å². The van der Waals surface area contributed by atoms with E-state index in [1.54, 1.807) is 24.1 Å². The molecule has 0 unspecified atom stereocenters. The number of hydrogen-bond acceptors (Lipinski definition) is 1. The van der Waals surface area contributed by atoms with Crippen LogP contribution in [0.5, 0.6) is 0 Å². The lowest BCUT2D eigenvalue weighted by atomic mass is 10.1. The van der Waals surface area contributed by atoms with Gasteiger partial charge in [-0.25, -0.2) is 0 Å². The topological polar surface area (TPSA) is 20.3 Å². The van der Waals surface area contributed by atoms with Gasteiger partial charge in [-0.2, -0.15) is 0 Å². The summed E-state index contributed by atoms with van der Waals surface area (Å²) in [5, 5.41) is 3.19. The van der Waals surface area contributed by atoms with Gasteiger partial charge in [0.25, 0.3) is 5.91 Å². The first kappa shape index (κ1) is 15.9. The minimum Gasteiger partial charge on any atom is -0.337 e. The smallest absolute Gasteiger partial charge is 0.253 e. The average Bonchev–Trinajstić information content (AvgIpc) is 2.57. The van der Waals surface area contributed by atoms with Gasteiger partial charge in [0.05, 0.1) is 10.0 Å². The molecule has 0 saturated heterocycles. The molecule has 0 aliphatic rings. The van der Waals surface area contributed by atoms with E-state index in [9.17, 15) is 4.79 Å². The maximum atomic E-state index is 12.6. The van der Waals surface area contributed by atoms with Crippen molar-refractivity contribution in [2.45, 2.75) is 6.54 Å². The van der Waals surface area contributed by atoms with Crippen LogP contribution < -0.4 is 0 Å². The summed E-state index contributed by atoms with van der Waals surface area (Å²) in [5.74, 6) is -0.0261. The second-order valence-corrected chi connectivity index (χ2v) is 6.29. The fourth-order valence-electron chi connectivity index (χ4n) is 2.53. The van der Waals surface area contributed by atoms with E-state index in [0.29, 0.717) is 22.2 Å². The number of fused-ring (bicyclic) bond motifs is 1. The Morgan fingerprint density at radius 2 is 1.65 bits per heavy atom. The number of benzene rings is 3. The summed E-state index contributed by atoms with van der Waals surface area (Å²) in [4.78, 5) is 14.3. The molecule has 3 aromatic rings. The van der Waals surface area contributed by atoms with Crippen LogP contribution in [-0.4, -0.2) is 17.9 Å². The van der Waals surface area contributed by atoms with Crippen molar-refractivity contribution >= 4 is 39.9 Å². The molecule has 0 atom stereocenters. The summed E-state index contributed by atoms with van der Waals surface area (Å²) in [6.45, 7) is 0.475.